The quantitative estimate of drug-likeness (QED) is 0.277. The molecule has 0 spiro atoms. The van der Waals surface area contributed by atoms with E-state index in [1.165, 1.54) is 0 Å². The predicted molar refractivity (Wildman–Crippen MR) is 149 cm³/mol. The molecule has 0 bridgehead atoms. The third-order valence-corrected chi connectivity index (χ3v) is 6.93. The molecule has 0 saturated carbocycles. The second-order valence-corrected chi connectivity index (χ2v) is 10.1. The highest BCUT2D eigenvalue weighted by molar-refractivity contribution is 5.82. The molecule has 0 amide bonds. The molecule has 1 aliphatic heterocycles. The van der Waals surface area contributed by atoms with Crippen LogP contribution < -0.4 is 10.1 Å². The molecule has 204 valence electrons. The summed E-state index contributed by atoms with van der Waals surface area (Å²) in [5, 5.41) is 4.02. The number of alkyl halides is 3. The van der Waals surface area contributed by atoms with Gasteiger partial charge in [0.1, 0.15) is 18.0 Å². The fourth-order valence-electron chi connectivity index (χ4n) is 4.77. The number of pyridine rings is 1. The number of hydrogen-bond donors (Lipinski definition) is 2. The van der Waals surface area contributed by atoms with Gasteiger partial charge in [0, 0.05) is 66.9 Å². The van der Waals surface area contributed by atoms with Gasteiger partial charge in [-0.25, -0.2) is 4.98 Å². The number of rotatable bonds is 8. The van der Waals surface area contributed by atoms with Crippen LogP contribution in [0.15, 0.2) is 73.1 Å². The Morgan fingerprint density at radius 1 is 1.03 bits per heavy atom. The van der Waals surface area contributed by atoms with Crippen LogP contribution in [-0.2, 0) is 12.7 Å². The molecule has 4 aromatic rings. The van der Waals surface area contributed by atoms with Crippen LogP contribution >= 0.6 is 0 Å². The first-order valence-corrected chi connectivity index (χ1v) is 12.9. The summed E-state index contributed by atoms with van der Waals surface area (Å²) in [6.07, 6.45) is -2.62. The number of H-pyrrole nitrogens is 1. The maximum atomic E-state index is 13.9. The van der Waals surface area contributed by atoms with Crippen LogP contribution in [0.4, 0.5) is 18.9 Å². The van der Waals surface area contributed by atoms with Gasteiger partial charge in [0.25, 0.3) is 0 Å². The number of hydrogen-bond acceptors (Lipinski definition) is 5. The molecule has 1 fully saturated rings. The van der Waals surface area contributed by atoms with E-state index in [1.807, 2.05) is 44.4 Å². The maximum Gasteiger partial charge on any atom is 0.416 e. The number of benzene rings is 2. The second kappa shape index (κ2) is 11.1. The van der Waals surface area contributed by atoms with Gasteiger partial charge in [0.15, 0.2) is 0 Å². The Morgan fingerprint density at radius 2 is 1.77 bits per heavy atom. The average Bonchev–Trinajstić information content (AvgIpc) is 3.28. The molecule has 6 nitrogen and oxygen atoms in total. The van der Waals surface area contributed by atoms with Crippen molar-refractivity contribution in [3.05, 3.63) is 89.9 Å². The van der Waals surface area contributed by atoms with E-state index in [0.717, 1.165) is 60.1 Å². The van der Waals surface area contributed by atoms with Gasteiger partial charge in [-0.3, -0.25) is 4.90 Å². The Kier molecular flexibility index (Phi) is 7.63. The zero-order chi connectivity index (χ0) is 27.6. The molecule has 0 aliphatic carbocycles. The van der Waals surface area contributed by atoms with Crippen molar-refractivity contribution in [1.82, 2.24) is 19.8 Å². The summed E-state index contributed by atoms with van der Waals surface area (Å²) in [4.78, 5) is 11.9. The van der Waals surface area contributed by atoms with Crippen LogP contribution in [0, 0.1) is 6.92 Å². The molecular formula is C30H32F3N5O. The van der Waals surface area contributed by atoms with Crippen LogP contribution in [0.1, 0.15) is 16.8 Å². The standard InChI is InChI=1S/C30H32F3N5O/c1-20-14-24-15-25(17-34-29(24)36-20)22-5-8-27(9-6-22)39-19-21(2)35-26-7-4-23(28(16-26)30(31,32)33)18-38-12-10-37(3)11-13-38/h4-9,14-17,35H,2,10-13,18-19H2,1,3H3,(H,34,36). The summed E-state index contributed by atoms with van der Waals surface area (Å²) in [5.41, 5.74) is 4.35. The van der Waals surface area contributed by atoms with Gasteiger partial charge in [-0.05, 0) is 61.5 Å². The number of likely N-dealkylation sites (N-methyl/N-ethyl adjacent to an activating group) is 1. The zero-order valence-corrected chi connectivity index (χ0v) is 22.1. The number of aryl methyl sites for hydroxylation is 1. The second-order valence-electron chi connectivity index (χ2n) is 10.1. The number of piperazine rings is 1. The van der Waals surface area contributed by atoms with E-state index in [1.54, 1.807) is 12.1 Å². The lowest BCUT2D eigenvalue weighted by Crippen LogP contribution is -2.44. The van der Waals surface area contributed by atoms with E-state index in [4.69, 9.17) is 4.74 Å². The number of nitrogens with one attached hydrogen (secondary N) is 2. The van der Waals surface area contributed by atoms with Gasteiger partial charge in [-0.15, -0.1) is 0 Å². The van der Waals surface area contributed by atoms with Crippen molar-refractivity contribution >= 4 is 16.7 Å². The molecule has 0 unspecified atom stereocenters. The highest BCUT2D eigenvalue weighted by Gasteiger charge is 2.34. The molecule has 1 saturated heterocycles. The molecule has 2 aromatic carbocycles. The molecular weight excluding hydrogens is 503 g/mol. The van der Waals surface area contributed by atoms with Crippen LogP contribution in [0.3, 0.4) is 0 Å². The van der Waals surface area contributed by atoms with Gasteiger partial charge >= 0.3 is 6.18 Å². The normalized spacial score (nSPS) is 15.0. The first kappa shape index (κ1) is 26.8. The van der Waals surface area contributed by atoms with E-state index < -0.39 is 11.7 Å². The van der Waals surface area contributed by atoms with Crippen molar-refractivity contribution < 1.29 is 17.9 Å². The van der Waals surface area contributed by atoms with Crippen molar-refractivity contribution in [3.8, 4) is 16.9 Å². The Balaban J connectivity index is 1.19. The van der Waals surface area contributed by atoms with Crippen LogP contribution in [0.25, 0.3) is 22.2 Å². The zero-order valence-electron chi connectivity index (χ0n) is 22.1. The molecule has 0 atom stereocenters. The monoisotopic (exact) mass is 535 g/mol. The van der Waals surface area contributed by atoms with Gasteiger partial charge in [0.2, 0.25) is 0 Å². The van der Waals surface area contributed by atoms with E-state index in [-0.39, 0.29) is 18.7 Å². The summed E-state index contributed by atoms with van der Waals surface area (Å²) in [7, 11) is 2.02. The molecule has 39 heavy (non-hydrogen) atoms. The van der Waals surface area contributed by atoms with Gasteiger partial charge in [-0.1, -0.05) is 24.8 Å². The molecule has 3 heterocycles. The van der Waals surface area contributed by atoms with E-state index in [0.29, 0.717) is 17.1 Å². The lowest BCUT2D eigenvalue weighted by atomic mass is 10.0. The predicted octanol–water partition coefficient (Wildman–Crippen LogP) is 6.31. The minimum Gasteiger partial charge on any atom is -0.487 e. The Bertz CT molecular complexity index is 1450. The number of nitrogens with zero attached hydrogens (tertiary/aromatic N) is 3. The van der Waals surface area contributed by atoms with Crippen molar-refractivity contribution in [1.29, 1.82) is 0 Å². The molecule has 0 radical (unpaired) electrons. The summed E-state index contributed by atoms with van der Waals surface area (Å²) in [6, 6.07) is 16.1. The number of aromatic amines is 1. The number of fused-ring (bicyclic) bond motifs is 1. The van der Waals surface area contributed by atoms with Crippen LogP contribution in [-0.4, -0.2) is 59.6 Å². The largest absolute Gasteiger partial charge is 0.487 e. The van der Waals surface area contributed by atoms with Crippen molar-refractivity contribution in [2.75, 3.05) is 45.2 Å². The minimum absolute atomic E-state index is 0.111. The molecule has 2 N–H and O–H groups in total. The fourth-order valence-corrected chi connectivity index (χ4v) is 4.77. The summed E-state index contributed by atoms with van der Waals surface area (Å²) in [6.45, 7) is 9.52. The third-order valence-electron chi connectivity index (χ3n) is 6.93. The third kappa shape index (κ3) is 6.61. The van der Waals surface area contributed by atoms with Crippen molar-refractivity contribution in [3.63, 3.8) is 0 Å². The SMILES string of the molecule is C=C(COc1ccc(-c2cnc3[nH]c(C)cc3c2)cc1)Nc1ccc(CN2CCN(C)CC2)c(C(F)(F)F)c1. The number of anilines is 1. The van der Waals surface area contributed by atoms with E-state index in [2.05, 4.69) is 43.8 Å². The van der Waals surface area contributed by atoms with Gasteiger partial charge in [0.05, 0.1) is 5.56 Å². The van der Waals surface area contributed by atoms with Crippen LogP contribution in [0.5, 0.6) is 5.75 Å². The summed E-state index contributed by atoms with van der Waals surface area (Å²) in [5.74, 6) is 0.631. The topological polar surface area (TPSA) is 56.4 Å². The Morgan fingerprint density at radius 3 is 2.49 bits per heavy atom. The number of aromatic nitrogens is 2. The highest BCUT2D eigenvalue weighted by atomic mass is 19.4. The van der Waals surface area contributed by atoms with E-state index in [9.17, 15) is 13.2 Å². The van der Waals surface area contributed by atoms with Crippen molar-refractivity contribution in [2.24, 2.45) is 0 Å². The van der Waals surface area contributed by atoms with Gasteiger partial charge in [-0.2, -0.15) is 13.2 Å². The van der Waals surface area contributed by atoms with Gasteiger partial charge < -0.3 is 19.9 Å². The number of halogens is 3. The lowest BCUT2D eigenvalue weighted by Gasteiger charge is -2.33. The maximum absolute atomic E-state index is 13.9. The summed E-state index contributed by atoms with van der Waals surface area (Å²) >= 11 is 0. The van der Waals surface area contributed by atoms with E-state index >= 15 is 0 Å². The number of ether oxygens (including phenoxy) is 1. The first-order valence-electron chi connectivity index (χ1n) is 12.9. The molecule has 1 aliphatic rings. The smallest absolute Gasteiger partial charge is 0.416 e. The molecule has 5 rings (SSSR count). The van der Waals surface area contributed by atoms with Crippen molar-refractivity contribution in [2.45, 2.75) is 19.6 Å². The fraction of sp³-hybridized carbons (Fsp3) is 0.300. The molecule has 2 aromatic heterocycles. The van der Waals surface area contributed by atoms with Crippen LogP contribution in [0.2, 0.25) is 0 Å². The first-order chi connectivity index (χ1) is 18.6. The lowest BCUT2D eigenvalue weighted by molar-refractivity contribution is -0.138. The molecule has 9 heteroatoms. The Hall–Kier alpha value is -3.82. The Labute approximate surface area is 226 Å². The average molecular weight is 536 g/mol. The summed E-state index contributed by atoms with van der Waals surface area (Å²) < 4.78 is 47.5. The highest BCUT2D eigenvalue weighted by Crippen LogP contribution is 2.35. The minimum atomic E-state index is -4.45.